The number of rotatable bonds is 6. The highest BCUT2D eigenvalue weighted by Gasteiger charge is 2.39. The van der Waals surface area contributed by atoms with Crippen molar-refractivity contribution in [3.05, 3.63) is 29.3 Å². The molecule has 1 aliphatic heterocycles. The van der Waals surface area contributed by atoms with E-state index in [4.69, 9.17) is 4.74 Å². The summed E-state index contributed by atoms with van der Waals surface area (Å²) in [5.74, 6) is 0.113. The molecular formula is C17H24ClN3O2S. The number of hydrogen-bond donors (Lipinski definition) is 2. The van der Waals surface area contributed by atoms with Gasteiger partial charge in [-0.25, -0.2) is 4.98 Å². The number of nitrogens with zero attached hydrogens (tertiary/aromatic N) is 1. The van der Waals surface area contributed by atoms with Crippen molar-refractivity contribution < 1.29 is 9.53 Å². The number of aromatic nitrogens is 1. The normalized spacial score (nSPS) is 16.5. The van der Waals surface area contributed by atoms with Crippen molar-refractivity contribution in [1.29, 1.82) is 0 Å². The van der Waals surface area contributed by atoms with Crippen LogP contribution in [0.15, 0.2) is 24.3 Å². The molecular weight excluding hydrogens is 346 g/mol. The van der Waals surface area contributed by atoms with E-state index >= 15 is 0 Å². The molecule has 1 aliphatic rings. The van der Waals surface area contributed by atoms with E-state index in [1.165, 1.54) is 4.70 Å². The Balaban J connectivity index is 0.00000208. The molecule has 1 saturated heterocycles. The summed E-state index contributed by atoms with van der Waals surface area (Å²) < 4.78 is 6.51. The Kier molecular flexibility index (Phi) is 6.98. The van der Waals surface area contributed by atoms with Gasteiger partial charge in [-0.1, -0.05) is 12.1 Å². The first-order chi connectivity index (χ1) is 11.2. The summed E-state index contributed by atoms with van der Waals surface area (Å²) in [7, 11) is 1.66. The van der Waals surface area contributed by atoms with E-state index in [0.717, 1.165) is 42.9 Å². The summed E-state index contributed by atoms with van der Waals surface area (Å²) >= 11 is 1.70. The molecule has 0 bridgehead atoms. The SMILES string of the molecule is COCC1(C(=O)NCCc2nc3ccccc3s2)CCNCC1.Cl. The van der Waals surface area contributed by atoms with Crippen LogP contribution in [0.1, 0.15) is 17.8 Å². The maximum Gasteiger partial charge on any atom is 0.228 e. The largest absolute Gasteiger partial charge is 0.384 e. The lowest BCUT2D eigenvalue weighted by Crippen LogP contribution is -2.50. The van der Waals surface area contributed by atoms with Crippen LogP contribution in [0.3, 0.4) is 0 Å². The highest BCUT2D eigenvalue weighted by atomic mass is 35.5. The number of carbonyl (C=O) groups is 1. The van der Waals surface area contributed by atoms with Crippen molar-refractivity contribution in [1.82, 2.24) is 15.6 Å². The van der Waals surface area contributed by atoms with Crippen molar-refractivity contribution in [2.45, 2.75) is 19.3 Å². The third kappa shape index (κ3) is 4.25. The first kappa shape index (κ1) is 19.1. The molecule has 0 atom stereocenters. The highest BCUT2D eigenvalue weighted by molar-refractivity contribution is 7.18. The van der Waals surface area contributed by atoms with E-state index in [1.807, 2.05) is 18.2 Å². The van der Waals surface area contributed by atoms with Crippen LogP contribution in [0.5, 0.6) is 0 Å². The van der Waals surface area contributed by atoms with Gasteiger partial charge < -0.3 is 15.4 Å². The van der Waals surface area contributed by atoms with Crippen LogP contribution in [0.4, 0.5) is 0 Å². The fourth-order valence-electron chi connectivity index (χ4n) is 3.12. The minimum atomic E-state index is -0.381. The summed E-state index contributed by atoms with van der Waals surface area (Å²) in [6.45, 7) is 2.85. The Hall–Kier alpha value is -1.21. The zero-order valence-corrected chi connectivity index (χ0v) is 15.5. The predicted molar refractivity (Wildman–Crippen MR) is 100.0 cm³/mol. The summed E-state index contributed by atoms with van der Waals surface area (Å²) in [5.41, 5.74) is 0.654. The smallest absolute Gasteiger partial charge is 0.228 e. The van der Waals surface area contributed by atoms with Crippen LogP contribution in [0, 0.1) is 5.41 Å². The molecule has 0 unspecified atom stereocenters. The van der Waals surface area contributed by atoms with Crippen LogP contribution in [0.2, 0.25) is 0 Å². The standard InChI is InChI=1S/C17H23N3O2S.ClH/c1-22-12-17(7-10-18-11-8-17)16(21)19-9-6-15-20-13-4-2-3-5-14(13)23-15;/h2-5,18H,6-12H2,1H3,(H,19,21);1H. The summed E-state index contributed by atoms with van der Waals surface area (Å²) in [4.78, 5) is 17.2. The van der Waals surface area contributed by atoms with Crippen molar-refractivity contribution in [3.63, 3.8) is 0 Å². The Morgan fingerprint density at radius 2 is 2.12 bits per heavy atom. The molecule has 5 nitrogen and oxygen atoms in total. The van der Waals surface area contributed by atoms with Gasteiger partial charge >= 0.3 is 0 Å². The molecule has 24 heavy (non-hydrogen) atoms. The fraction of sp³-hybridized carbons (Fsp3) is 0.529. The third-order valence-electron chi connectivity index (χ3n) is 4.43. The lowest BCUT2D eigenvalue weighted by Gasteiger charge is -2.35. The number of amides is 1. The molecule has 1 aromatic carbocycles. The number of piperidine rings is 1. The number of fused-ring (bicyclic) bond motifs is 1. The Morgan fingerprint density at radius 1 is 1.38 bits per heavy atom. The van der Waals surface area contributed by atoms with E-state index in [0.29, 0.717) is 13.2 Å². The van der Waals surface area contributed by atoms with Crippen LogP contribution in [0.25, 0.3) is 10.2 Å². The van der Waals surface area contributed by atoms with Gasteiger partial charge in [-0.3, -0.25) is 4.79 Å². The predicted octanol–water partition coefficient (Wildman–Crippen LogP) is 2.39. The molecule has 2 aromatic rings. The number of halogens is 1. The summed E-state index contributed by atoms with van der Waals surface area (Å²) in [6.07, 6.45) is 2.42. The van der Waals surface area contributed by atoms with Crippen LogP contribution >= 0.6 is 23.7 Å². The lowest BCUT2D eigenvalue weighted by atomic mass is 9.78. The van der Waals surface area contributed by atoms with E-state index in [-0.39, 0.29) is 23.7 Å². The first-order valence-electron chi connectivity index (χ1n) is 8.06. The maximum atomic E-state index is 12.6. The van der Waals surface area contributed by atoms with Gasteiger partial charge in [0.1, 0.15) is 0 Å². The van der Waals surface area contributed by atoms with Gasteiger partial charge in [-0.05, 0) is 38.1 Å². The van der Waals surface area contributed by atoms with Gasteiger partial charge in [-0.15, -0.1) is 23.7 Å². The first-order valence-corrected chi connectivity index (χ1v) is 8.88. The molecule has 0 saturated carbocycles. The Labute approximate surface area is 152 Å². The lowest BCUT2D eigenvalue weighted by molar-refractivity contribution is -0.136. The van der Waals surface area contributed by atoms with Gasteiger partial charge in [0.05, 0.1) is 27.2 Å². The van der Waals surface area contributed by atoms with E-state index in [1.54, 1.807) is 18.4 Å². The molecule has 1 fully saturated rings. The van der Waals surface area contributed by atoms with Gasteiger partial charge in [-0.2, -0.15) is 0 Å². The molecule has 2 N–H and O–H groups in total. The second-order valence-corrected chi connectivity index (χ2v) is 7.16. The second-order valence-electron chi connectivity index (χ2n) is 6.04. The molecule has 7 heteroatoms. The summed E-state index contributed by atoms with van der Waals surface area (Å²) in [6, 6.07) is 8.13. The monoisotopic (exact) mass is 369 g/mol. The van der Waals surface area contributed by atoms with Crippen molar-refractivity contribution >= 4 is 39.9 Å². The minimum absolute atomic E-state index is 0. The summed E-state index contributed by atoms with van der Waals surface area (Å²) in [5, 5.41) is 7.46. The van der Waals surface area contributed by atoms with E-state index in [9.17, 15) is 4.79 Å². The molecule has 0 aliphatic carbocycles. The highest BCUT2D eigenvalue weighted by Crippen LogP contribution is 2.29. The van der Waals surface area contributed by atoms with Crippen molar-refractivity contribution in [3.8, 4) is 0 Å². The molecule has 0 spiro atoms. The fourth-order valence-corrected chi connectivity index (χ4v) is 4.08. The van der Waals surface area contributed by atoms with Crippen molar-refractivity contribution in [2.24, 2.45) is 5.41 Å². The molecule has 1 amide bonds. The van der Waals surface area contributed by atoms with Crippen LogP contribution < -0.4 is 10.6 Å². The van der Waals surface area contributed by atoms with Gasteiger partial charge in [0, 0.05) is 20.1 Å². The average molecular weight is 370 g/mol. The number of methoxy groups -OCH3 is 1. The minimum Gasteiger partial charge on any atom is -0.384 e. The number of para-hydroxylation sites is 1. The zero-order valence-electron chi connectivity index (χ0n) is 13.8. The van der Waals surface area contributed by atoms with E-state index in [2.05, 4.69) is 21.7 Å². The molecule has 0 radical (unpaired) electrons. The van der Waals surface area contributed by atoms with Crippen molar-refractivity contribution in [2.75, 3.05) is 33.4 Å². The third-order valence-corrected chi connectivity index (χ3v) is 5.52. The maximum absolute atomic E-state index is 12.6. The van der Waals surface area contributed by atoms with E-state index < -0.39 is 0 Å². The number of thiazole rings is 1. The molecule has 3 rings (SSSR count). The Morgan fingerprint density at radius 3 is 2.83 bits per heavy atom. The van der Waals surface area contributed by atoms with Gasteiger partial charge in [0.25, 0.3) is 0 Å². The second kappa shape index (κ2) is 8.76. The molecule has 2 heterocycles. The van der Waals surface area contributed by atoms with Crippen LogP contribution in [-0.2, 0) is 16.0 Å². The molecule has 132 valence electrons. The Bertz CT molecular complexity index is 632. The van der Waals surface area contributed by atoms with Crippen LogP contribution in [-0.4, -0.2) is 44.2 Å². The number of carbonyl (C=O) groups excluding carboxylic acids is 1. The van der Waals surface area contributed by atoms with Gasteiger partial charge in [0.15, 0.2) is 0 Å². The van der Waals surface area contributed by atoms with Gasteiger partial charge in [0.2, 0.25) is 5.91 Å². The average Bonchev–Trinajstić information content (AvgIpc) is 2.98. The number of ether oxygens (including phenoxy) is 1. The topological polar surface area (TPSA) is 63.2 Å². The number of hydrogen-bond acceptors (Lipinski definition) is 5. The zero-order chi connectivity index (χ0) is 16.1. The quantitative estimate of drug-likeness (QED) is 0.820. The number of benzene rings is 1. The molecule has 1 aromatic heterocycles. The number of nitrogens with one attached hydrogen (secondary N) is 2.